The Kier molecular flexibility index (Phi) is 4.22. The van der Waals surface area contributed by atoms with Gasteiger partial charge in [-0.25, -0.2) is 0 Å². The summed E-state index contributed by atoms with van der Waals surface area (Å²) in [5.41, 5.74) is 8.62. The van der Waals surface area contributed by atoms with Crippen LogP contribution >= 0.6 is 0 Å². The van der Waals surface area contributed by atoms with Crippen LogP contribution in [0.5, 0.6) is 0 Å². The molecule has 1 heteroatoms. The summed E-state index contributed by atoms with van der Waals surface area (Å²) < 4.78 is 0. The fourth-order valence-corrected chi connectivity index (χ4v) is 1.54. The van der Waals surface area contributed by atoms with E-state index in [1.165, 1.54) is 11.1 Å². The van der Waals surface area contributed by atoms with Crippen molar-refractivity contribution in [2.24, 2.45) is 5.73 Å². The minimum absolute atomic E-state index is 0.0543. The molecular formula is C13H17N. The van der Waals surface area contributed by atoms with E-state index in [1.54, 1.807) is 0 Å². The third-order valence-electron chi connectivity index (χ3n) is 2.33. The van der Waals surface area contributed by atoms with Crippen molar-refractivity contribution in [1.29, 1.82) is 0 Å². The summed E-state index contributed by atoms with van der Waals surface area (Å²) in [4.78, 5) is 0. The van der Waals surface area contributed by atoms with E-state index in [-0.39, 0.29) is 6.04 Å². The molecule has 0 fully saturated rings. The summed E-state index contributed by atoms with van der Waals surface area (Å²) in [6.07, 6.45) is 1.77. The van der Waals surface area contributed by atoms with Gasteiger partial charge in [0.15, 0.2) is 0 Å². The summed E-state index contributed by atoms with van der Waals surface area (Å²) in [6, 6.07) is 8.38. The lowest BCUT2D eigenvalue weighted by atomic mass is 9.97. The Morgan fingerprint density at radius 3 is 2.71 bits per heavy atom. The molecule has 1 rings (SSSR count). The van der Waals surface area contributed by atoms with Gasteiger partial charge in [-0.1, -0.05) is 31.2 Å². The first-order valence-electron chi connectivity index (χ1n) is 5.02. The van der Waals surface area contributed by atoms with Crippen molar-refractivity contribution in [2.45, 2.75) is 32.7 Å². The van der Waals surface area contributed by atoms with E-state index in [2.05, 4.69) is 37.0 Å². The maximum atomic E-state index is 6.05. The number of aryl methyl sites for hydroxylation is 1. The van der Waals surface area contributed by atoms with Gasteiger partial charge >= 0.3 is 0 Å². The van der Waals surface area contributed by atoms with E-state index < -0.39 is 0 Å². The molecule has 0 aliphatic rings. The van der Waals surface area contributed by atoms with E-state index in [0.29, 0.717) is 0 Å². The van der Waals surface area contributed by atoms with Crippen LogP contribution in [0, 0.1) is 11.8 Å². The number of hydrogen-bond acceptors (Lipinski definition) is 1. The van der Waals surface area contributed by atoms with Crippen molar-refractivity contribution in [3.8, 4) is 11.8 Å². The molecule has 0 spiro atoms. The van der Waals surface area contributed by atoms with Gasteiger partial charge in [-0.2, -0.15) is 0 Å². The van der Waals surface area contributed by atoms with Crippen LogP contribution < -0.4 is 5.73 Å². The molecule has 1 atom stereocenters. The van der Waals surface area contributed by atoms with Gasteiger partial charge in [0, 0.05) is 12.5 Å². The summed E-state index contributed by atoms with van der Waals surface area (Å²) in [5.74, 6) is 5.90. The zero-order valence-corrected chi connectivity index (χ0v) is 8.88. The molecule has 0 aliphatic heterocycles. The molecule has 0 aliphatic carbocycles. The van der Waals surface area contributed by atoms with E-state index >= 15 is 0 Å². The highest BCUT2D eigenvalue weighted by Crippen LogP contribution is 2.18. The molecule has 2 N–H and O–H groups in total. The minimum atomic E-state index is 0.0543. The van der Waals surface area contributed by atoms with Gasteiger partial charge in [0.1, 0.15) is 0 Å². The van der Waals surface area contributed by atoms with Crippen LogP contribution in [-0.4, -0.2) is 0 Å². The first kappa shape index (κ1) is 10.8. The van der Waals surface area contributed by atoms with Crippen LogP contribution in [0.2, 0.25) is 0 Å². The van der Waals surface area contributed by atoms with Crippen molar-refractivity contribution in [2.75, 3.05) is 0 Å². The van der Waals surface area contributed by atoms with Crippen LogP contribution in [0.4, 0.5) is 0 Å². The van der Waals surface area contributed by atoms with Gasteiger partial charge < -0.3 is 5.73 Å². The Morgan fingerprint density at radius 1 is 1.36 bits per heavy atom. The normalized spacial score (nSPS) is 11.6. The predicted molar refractivity (Wildman–Crippen MR) is 60.8 cm³/mol. The molecule has 0 amide bonds. The number of rotatable bonds is 3. The van der Waals surface area contributed by atoms with Gasteiger partial charge in [0.25, 0.3) is 0 Å². The van der Waals surface area contributed by atoms with Crippen LogP contribution in [0.15, 0.2) is 24.3 Å². The highest BCUT2D eigenvalue weighted by atomic mass is 14.6. The van der Waals surface area contributed by atoms with Crippen LogP contribution in [0.1, 0.15) is 37.4 Å². The molecule has 14 heavy (non-hydrogen) atoms. The van der Waals surface area contributed by atoms with Gasteiger partial charge in [0.05, 0.1) is 0 Å². The molecular weight excluding hydrogens is 170 g/mol. The summed E-state index contributed by atoms with van der Waals surface area (Å²) in [6.45, 7) is 4.00. The van der Waals surface area contributed by atoms with Crippen LogP contribution in [0.3, 0.4) is 0 Å². The molecule has 0 saturated heterocycles. The zero-order chi connectivity index (χ0) is 10.4. The topological polar surface area (TPSA) is 26.0 Å². The van der Waals surface area contributed by atoms with Crippen molar-refractivity contribution >= 4 is 0 Å². The number of benzene rings is 1. The van der Waals surface area contributed by atoms with Gasteiger partial charge in [-0.05, 0) is 24.5 Å². The zero-order valence-electron chi connectivity index (χ0n) is 8.88. The lowest BCUT2D eigenvalue weighted by molar-refractivity contribution is 0.742. The fourth-order valence-electron chi connectivity index (χ4n) is 1.54. The molecule has 0 heterocycles. The van der Waals surface area contributed by atoms with Gasteiger partial charge in [-0.3, -0.25) is 0 Å². The van der Waals surface area contributed by atoms with E-state index in [9.17, 15) is 0 Å². The fraction of sp³-hybridized carbons (Fsp3) is 0.385. The molecule has 1 aromatic rings. The maximum absolute atomic E-state index is 6.05. The van der Waals surface area contributed by atoms with E-state index in [0.717, 1.165) is 12.8 Å². The Hall–Kier alpha value is -1.26. The van der Waals surface area contributed by atoms with E-state index in [1.807, 2.05) is 13.0 Å². The molecule has 1 aromatic carbocycles. The molecule has 0 saturated carbocycles. The Labute approximate surface area is 86.3 Å². The molecule has 1 unspecified atom stereocenters. The van der Waals surface area contributed by atoms with Crippen molar-refractivity contribution in [3.63, 3.8) is 0 Å². The first-order chi connectivity index (χ1) is 6.79. The molecule has 0 bridgehead atoms. The van der Waals surface area contributed by atoms with Gasteiger partial charge in [0.2, 0.25) is 0 Å². The average Bonchev–Trinajstić information content (AvgIpc) is 2.25. The SMILES string of the molecule is CC#CCC(N)c1ccccc1CC. The lowest BCUT2D eigenvalue weighted by Crippen LogP contribution is -2.11. The smallest absolute Gasteiger partial charge is 0.0408 e. The Morgan fingerprint density at radius 2 is 2.07 bits per heavy atom. The van der Waals surface area contributed by atoms with Crippen molar-refractivity contribution in [1.82, 2.24) is 0 Å². The monoisotopic (exact) mass is 187 g/mol. The molecule has 0 radical (unpaired) electrons. The standard InChI is InChI=1S/C13H17N/c1-3-5-10-13(14)12-9-7-6-8-11(12)4-2/h6-9,13H,4,10,14H2,1-2H3. The molecule has 1 nitrogen and oxygen atoms in total. The predicted octanol–water partition coefficient (Wildman–Crippen LogP) is 2.66. The summed E-state index contributed by atoms with van der Waals surface area (Å²) in [5, 5.41) is 0. The highest BCUT2D eigenvalue weighted by molar-refractivity contribution is 5.30. The summed E-state index contributed by atoms with van der Waals surface area (Å²) >= 11 is 0. The third kappa shape index (κ3) is 2.61. The second-order valence-corrected chi connectivity index (χ2v) is 3.29. The highest BCUT2D eigenvalue weighted by Gasteiger charge is 2.07. The van der Waals surface area contributed by atoms with Crippen molar-refractivity contribution in [3.05, 3.63) is 35.4 Å². The number of nitrogens with two attached hydrogens (primary N) is 1. The lowest BCUT2D eigenvalue weighted by Gasteiger charge is -2.12. The van der Waals surface area contributed by atoms with E-state index in [4.69, 9.17) is 5.73 Å². The number of hydrogen-bond donors (Lipinski definition) is 1. The van der Waals surface area contributed by atoms with Gasteiger partial charge in [-0.15, -0.1) is 11.8 Å². The van der Waals surface area contributed by atoms with Crippen molar-refractivity contribution < 1.29 is 0 Å². The Balaban J connectivity index is 2.85. The largest absolute Gasteiger partial charge is 0.323 e. The summed E-state index contributed by atoms with van der Waals surface area (Å²) in [7, 11) is 0. The molecule has 74 valence electrons. The van der Waals surface area contributed by atoms with Crippen LogP contribution in [-0.2, 0) is 6.42 Å². The quantitative estimate of drug-likeness (QED) is 0.723. The first-order valence-corrected chi connectivity index (χ1v) is 5.02. The van der Waals surface area contributed by atoms with Crippen LogP contribution in [0.25, 0.3) is 0 Å². The minimum Gasteiger partial charge on any atom is -0.323 e. The second-order valence-electron chi connectivity index (χ2n) is 3.29. The molecule has 0 aromatic heterocycles. The Bertz CT molecular complexity index is 344. The maximum Gasteiger partial charge on any atom is 0.0408 e. The second kappa shape index (κ2) is 5.47. The average molecular weight is 187 g/mol. The third-order valence-corrected chi connectivity index (χ3v) is 2.33.